The maximum Gasteiger partial charge on any atom is 0.260 e. The van der Waals surface area contributed by atoms with Crippen LogP contribution in [0.15, 0.2) is 21.6 Å². The van der Waals surface area contributed by atoms with Crippen molar-refractivity contribution in [2.24, 2.45) is 5.73 Å². The summed E-state index contributed by atoms with van der Waals surface area (Å²) in [5.74, 6) is 1.27. The van der Waals surface area contributed by atoms with Crippen molar-refractivity contribution in [3.8, 4) is 0 Å². The van der Waals surface area contributed by atoms with Crippen molar-refractivity contribution in [2.45, 2.75) is 32.0 Å². The molecular weight excluding hydrogens is 268 g/mol. The number of nitrogens with zero attached hydrogens (tertiary/aromatic N) is 1. The average Bonchev–Trinajstić information content (AvgIpc) is 2.93. The molecule has 8 heteroatoms. The van der Waals surface area contributed by atoms with Crippen molar-refractivity contribution >= 4 is 10.0 Å². The van der Waals surface area contributed by atoms with E-state index < -0.39 is 10.0 Å². The molecule has 0 atom stereocenters. The van der Waals surface area contributed by atoms with Gasteiger partial charge in [0.2, 0.25) is 0 Å². The highest BCUT2D eigenvalue weighted by Gasteiger charge is 2.23. The normalized spacial score (nSPS) is 11.9. The highest BCUT2D eigenvalue weighted by Crippen LogP contribution is 2.16. The van der Waals surface area contributed by atoms with Crippen LogP contribution in [0.2, 0.25) is 0 Å². The first kappa shape index (κ1) is 13.8. The van der Waals surface area contributed by atoms with Crippen LogP contribution in [0.25, 0.3) is 0 Å². The highest BCUT2D eigenvalue weighted by molar-refractivity contribution is 7.89. The van der Waals surface area contributed by atoms with E-state index in [2.05, 4.69) is 14.9 Å². The van der Waals surface area contributed by atoms with Gasteiger partial charge in [0.1, 0.15) is 11.5 Å². The topological polar surface area (TPSA) is 114 Å². The van der Waals surface area contributed by atoms with Crippen molar-refractivity contribution in [2.75, 3.05) is 0 Å². The van der Waals surface area contributed by atoms with Gasteiger partial charge < -0.3 is 10.2 Å². The number of nitrogens with two attached hydrogens (primary N) is 1. The maximum atomic E-state index is 12.1. The van der Waals surface area contributed by atoms with Gasteiger partial charge in [-0.2, -0.15) is 5.10 Å². The monoisotopic (exact) mass is 284 g/mol. The van der Waals surface area contributed by atoms with E-state index in [1.54, 1.807) is 26.0 Å². The second-order valence-electron chi connectivity index (χ2n) is 4.17. The van der Waals surface area contributed by atoms with Gasteiger partial charge in [0.05, 0.1) is 6.54 Å². The van der Waals surface area contributed by atoms with Gasteiger partial charge in [-0.15, -0.1) is 0 Å². The second-order valence-corrected chi connectivity index (χ2v) is 5.86. The van der Waals surface area contributed by atoms with Gasteiger partial charge in [-0.05, 0) is 26.0 Å². The minimum absolute atomic E-state index is 0.0595. The van der Waals surface area contributed by atoms with Crippen LogP contribution >= 0.6 is 0 Å². The van der Waals surface area contributed by atoms with Crippen molar-refractivity contribution in [1.82, 2.24) is 14.9 Å². The van der Waals surface area contributed by atoms with E-state index in [1.165, 1.54) is 0 Å². The van der Waals surface area contributed by atoms with Gasteiger partial charge in [-0.1, -0.05) is 0 Å². The molecule has 7 nitrogen and oxygen atoms in total. The van der Waals surface area contributed by atoms with Crippen LogP contribution in [0, 0.1) is 13.8 Å². The van der Waals surface area contributed by atoms with E-state index in [0.717, 1.165) is 5.76 Å². The van der Waals surface area contributed by atoms with Gasteiger partial charge in [-0.3, -0.25) is 5.10 Å². The number of aryl methyl sites for hydroxylation is 2. The van der Waals surface area contributed by atoms with Crippen molar-refractivity contribution < 1.29 is 12.8 Å². The summed E-state index contributed by atoms with van der Waals surface area (Å²) in [6, 6.07) is 3.49. The molecule has 4 N–H and O–H groups in total. The molecule has 2 aromatic heterocycles. The molecule has 0 aromatic carbocycles. The molecule has 19 heavy (non-hydrogen) atoms. The minimum atomic E-state index is -3.70. The van der Waals surface area contributed by atoms with Crippen LogP contribution in [0.4, 0.5) is 0 Å². The van der Waals surface area contributed by atoms with E-state index in [9.17, 15) is 8.42 Å². The lowest BCUT2D eigenvalue weighted by Crippen LogP contribution is -2.25. The number of aromatic nitrogens is 2. The van der Waals surface area contributed by atoms with Crippen LogP contribution in [0.1, 0.15) is 22.8 Å². The average molecular weight is 284 g/mol. The lowest BCUT2D eigenvalue weighted by Gasteiger charge is -2.04. The first-order chi connectivity index (χ1) is 8.94. The largest absolute Gasteiger partial charge is 0.465 e. The predicted molar refractivity (Wildman–Crippen MR) is 68.7 cm³/mol. The highest BCUT2D eigenvalue weighted by atomic mass is 32.2. The first-order valence-electron chi connectivity index (χ1n) is 5.73. The molecule has 2 aromatic rings. The summed E-state index contributed by atoms with van der Waals surface area (Å²) in [6.45, 7) is 3.70. The van der Waals surface area contributed by atoms with E-state index >= 15 is 0 Å². The molecule has 0 saturated carbocycles. The molecule has 104 valence electrons. The Balaban J connectivity index is 2.18. The summed E-state index contributed by atoms with van der Waals surface area (Å²) in [7, 11) is -3.70. The molecule has 0 bridgehead atoms. The fourth-order valence-corrected chi connectivity index (χ4v) is 2.90. The van der Waals surface area contributed by atoms with Gasteiger partial charge in [-0.25, -0.2) is 13.1 Å². The number of H-pyrrole nitrogens is 1. The number of furan rings is 1. The van der Waals surface area contributed by atoms with Crippen molar-refractivity contribution in [3.05, 3.63) is 34.9 Å². The van der Waals surface area contributed by atoms with Crippen molar-refractivity contribution in [3.63, 3.8) is 0 Å². The number of aromatic amines is 1. The maximum absolute atomic E-state index is 12.1. The molecule has 0 fully saturated rings. The Labute approximate surface area is 111 Å². The summed E-state index contributed by atoms with van der Waals surface area (Å²) in [5, 5.41) is 6.35. The van der Waals surface area contributed by atoms with Crippen LogP contribution in [-0.4, -0.2) is 18.6 Å². The molecule has 0 aliphatic rings. The van der Waals surface area contributed by atoms with Gasteiger partial charge in [0.25, 0.3) is 10.0 Å². The number of nitrogens with one attached hydrogen (secondary N) is 2. The lowest BCUT2D eigenvalue weighted by molar-refractivity contribution is 0.475. The number of hydrogen-bond acceptors (Lipinski definition) is 5. The van der Waals surface area contributed by atoms with Crippen LogP contribution in [-0.2, 0) is 23.1 Å². The predicted octanol–water partition coefficient (Wildman–Crippen LogP) is 0.557. The third-order valence-corrected chi connectivity index (χ3v) is 4.10. The van der Waals surface area contributed by atoms with E-state index in [0.29, 0.717) is 17.0 Å². The number of rotatable bonds is 5. The third-order valence-electron chi connectivity index (χ3n) is 2.73. The van der Waals surface area contributed by atoms with E-state index in [1.807, 2.05) is 0 Å². The van der Waals surface area contributed by atoms with E-state index in [-0.39, 0.29) is 18.1 Å². The van der Waals surface area contributed by atoms with Crippen LogP contribution < -0.4 is 10.5 Å². The molecule has 0 amide bonds. The fourth-order valence-electron chi connectivity index (χ4n) is 1.71. The zero-order chi connectivity index (χ0) is 14.0. The summed E-state index contributed by atoms with van der Waals surface area (Å²) >= 11 is 0. The summed E-state index contributed by atoms with van der Waals surface area (Å²) in [5.41, 5.74) is 6.67. The second kappa shape index (κ2) is 5.16. The standard InChI is InChI=1S/C11H16N4O3S/c1-7-3-4-9(18-7)6-13-19(16,17)11-10(5-12)8(2)14-15-11/h3-4,13H,5-6,12H2,1-2H3,(H,14,15). The Bertz CT molecular complexity index is 672. The van der Waals surface area contributed by atoms with Crippen LogP contribution in [0.5, 0.6) is 0 Å². The molecule has 0 aliphatic carbocycles. The molecule has 0 aliphatic heterocycles. The van der Waals surface area contributed by atoms with Crippen LogP contribution in [0.3, 0.4) is 0 Å². The van der Waals surface area contributed by atoms with Gasteiger partial charge >= 0.3 is 0 Å². The Morgan fingerprint density at radius 1 is 1.42 bits per heavy atom. The quantitative estimate of drug-likeness (QED) is 0.742. The third kappa shape index (κ3) is 2.86. The van der Waals surface area contributed by atoms with Gasteiger partial charge in [0, 0.05) is 17.8 Å². The molecule has 2 rings (SSSR count). The van der Waals surface area contributed by atoms with Gasteiger partial charge in [0.15, 0.2) is 5.03 Å². The first-order valence-corrected chi connectivity index (χ1v) is 7.21. The summed E-state index contributed by atoms with van der Waals surface area (Å²) in [6.07, 6.45) is 0. The summed E-state index contributed by atoms with van der Waals surface area (Å²) < 4.78 is 32.0. The van der Waals surface area contributed by atoms with E-state index in [4.69, 9.17) is 10.2 Å². The molecule has 0 unspecified atom stereocenters. The Morgan fingerprint density at radius 3 is 2.74 bits per heavy atom. The Hall–Kier alpha value is -1.64. The number of hydrogen-bond donors (Lipinski definition) is 3. The zero-order valence-electron chi connectivity index (χ0n) is 10.7. The molecule has 2 heterocycles. The summed E-state index contributed by atoms with van der Waals surface area (Å²) in [4.78, 5) is 0. The molecular formula is C11H16N4O3S. The number of sulfonamides is 1. The van der Waals surface area contributed by atoms with Crippen molar-refractivity contribution in [1.29, 1.82) is 0 Å². The smallest absolute Gasteiger partial charge is 0.260 e. The Kier molecular flexibility index (Phi) is 3.74. The molecule has 0 spiro atoms. The minimum Gasteiger partial charge on any atom is -0.465 e. The molecule has 0 saturated heterocycles. The SMILES string of the molecule is Cc1ccc(CNS(=O)(=O)c2n[nH]c(C)c2CN)o1. The Morgan fingerprint density at radius 2 is 2.16 bits per heavy atom. The zero-order valence-corrected chi connectivity index (χ0v) is 11.5. The lowest BCUT2D eigenvalue weighted by atomic mass is 10.3. The fraction of sp³-hybridized carbons (Fsp3) is 0.364. The molecule has 0 radical (unpaired) electrons.